The standard InChI is InChI=1S/C6H17N3OS/c1-4-5-6(11-3)10-9-8-7-2/h6-9H,4-5H2,1-3H3. The molecule has 0 spiro atoms. The normalized spacial score (nSPS) is 13.4. The van der Waals surface area contributed by atoms with Crippen LogP contribution < -0.4 is 16.5 Å². The van der Waals surface area contributed by atoms with Crippen molar-refractivity contribution in [3.8, 4) is 0 Å². The highest BCUT2D eigenvalue weighted by Crippen LogP contribution is 2.12. The predicted molar refractivity (Wildman–Crippen MR) is 48.6 cm³/mol. The Morgan fingerprint density at radius 3 is 2.73 bits per heavy atom. The Kier molecular flexibility index (Phi) is 8.43. The Labute approximate surface area is 72.3 Å². The van der Waals surface area contributed by atoms with Crippen molar-refractivity contribution in [2.24, 2.45) is 0 Å². The minimum absolute atomic E-state index is 0.223. The Morgan fingerprint density at radius 1 is 1.55 bits per heavy atom. The molecule has 0 aliphatic rings. The van der Waals surface area contributed by atoms with E-state index in [0.29, 0.717) is 0 Å². The SMILES string of the molecule is CCCC(ONNNC)SC. The van der Waals surface area contributed by atoms with Gasteiger partial charge in [-0.3, -0.25) is 4.84 Å². The van der Waals surface area contributed by atoms with Crippen LogP contribution in [0.3, 0.4) is 0 Å². The van der Waals surface area contributed by atoms with E-state index in [0.717, 1.165) is 12.8 Å². The van der Waals surface area contributed by atoms with Crippen molar-refractivity contribution in [2.75, 3.05) is 13.3 Å². The molecule has 68 valence electrons. The minimum Gasteiger partial charge on any atom is -0.272 e. The smallest absolute Gasteiger partial charge is 0.126 e. The van der Waals surface area contributed by atoms with Gasteiger partial charge in [0, 0.05) is 0 Å². The van der Waals surface area contributed by atoms with Crippen LogP contribution in [0.5, 0.6) is 0 Å². The summed E-state index contributed by atoms with van der Waals surface area (Å²) < 4.78 is 0. The van der Waals surface area contributed by atoms with Gasteiger partial charge in [-0.2, -0.15) is 5.53 Å². The molecule has 0 aliphatic heterocycles. The van der Waals surface area contributed by atoms with Gasteiger partial charge in [0.25, 0.3) is 0 Å². The maximum atomic E-state index is 5.21. The summed E-state index contributed by atoms with van der Waals surface area (Å²) in [5, 5.41) is 0. The molecule has 0 aromatic rings. The van der Waals surface area contributed by atoms with Crippen LogP contribution >= 0.6 is 11.8 Å². The van der Waals surface area contributed by atoms with Crippen LogP contribution in [-0.4, -0.2) is 18.7 Å². The van der Waals surface area contributed by atoms with Crippen molar-refractivity contribution in [2.45, 2.75) is 25.2 Å². The monoisotopic (exact) mass is 179 g/mol. The first-order chi connectivity index (χ1) is 5.35. The molecular formula is C6H17N3OS. The highest BCUT2D eigenvalue weighted by molar-refractivity contribution is 7.99. The van der Waals surface area contributed by atoms with Crippen molar-refractivity contribution >= 4 is 11.8 Å². The van der Waals surface area contributed by atoms with Crippen molar-refractivity contribution in [3.05, 3.63) is 0 Å². The molecule has 0 fully saturated rings. The van der Waals surface area contributed by atoms with Gasteiger partial charge in [-0.25, -0.2) is 5.43 Å². The second kappa shape index (κ2) is 8.29. The van der Waals surface area contributed by atoms with E-state index in [1.54, 1.807) is 18.8 Å². The second-order valence-corrected chi connectivity index (χ2v) is 3.05. The number of hydrogen-bond acceptors (Lipinski definition) is 5. The number of nitrogens with one attached hydrogen (secondary N) is 3. The zero-order valence-electron chi connectivity index (χ0n) is 7.31. The summed E-state index contributed by atoms with van der Waals surface area (Å²) in [7, 11) is 1.77. The summed E-state index contributed by atoms with van der Waals surface area (Å²) >= 11 is 1.69. The zero-order valence-corrected chi connectivity index (χ0v) is 8.12. The maximum Gasteiger partial charge on any atom is 0.126 e. The molecule has 0 bridgehead atoms. The lowest BCUT2D eigenvalue weighted by atomic mass is 10.4. The Bertz CT molecular complexity index is 84.2. The van der Waals surface area contributed by atoms with E-state index in [2.05, 4.69) is 23.5 Å². The second-order valence-electron chi connectivity index (χ2n) is 2.05. The maximum absolute atomic E-state index is 5.21. The highest BCUT2D eigenvalue weighted by Gasteiger charge is 2.04. The summed E-state index contributed by atoms with van der Waals surface area (Å²) in [6.07, 6.45) is 4.22. The van der Waals surface area contributed by atoms with Crippen LogP contribution in [0, 0.1) is 0 Å². The third-order valence-corrected chi connectivity index (χ3v) is 2.01. The molecule has 0 aliphatic carbocycles. The number of rotatable bonds is 7. The predicted octanol–water partition coefficient (Wildman–Crippen LogP) is 0.636. The van der Waals surface area contributed by atoms with E-state index in [9.17, 15) is 0 Å². The third-order valence-electron chi connectivity index (χ3n) is 1.15. The molecule has 0 amide bonds. The molecule has 0 aromatic carbocycles. The van der Waals surface area contributed by atoms with Crippen molar-refractivity contribution in [1.29, 1.82) is 0 Å². The molecular weight excluding hydrogens is 162 g/mol. The van der Waals surface area contributed by atoms with Crippen molar-refractivity contribution < 1.29 is 4.84 Å². The average Bonchev–Trinajstić information content (AvgIpc) is 2.03. The van der Waals surface area contributed by atoms with Crippen molar-refractivity contribution in [1.82, 2.24) is 16.5 Å². The topological polar surface area (TPSA) is 45.3 Å². The van der Waals surface area contributed by atoms with Gasteiger partial charge in [0.15, 0.2) is 0 Å². The number of hydrazine groups is 2. The Morgan fingerprint density at radius 2 is 2.27 bits per heavy atom. The molecule has 0 saturated heterocycles. The molecule has 0 heterocycles. The number of hydrogen-bond donors (Lipinski definition) is 3. The molecule has 0 radical (unpaired) electrons. The van der Waals surface area contributed by atoms with Crippen LogP contribution in [0.15, 0.2) is 0 Å². The van der Waals surface area contributed by atoms with E-state index in [1.807, 2.05) is 6.26 Å². The molecule has 4 nitrogen and oxygen atoms in total. The van der Waals surface area contributed by atoms with Gasteiger partial charge in [0.05, 0.1) is 0 Å². The van der Waals surface area contributed by atoms with E-state index in [4.69, 9.17) is 4.84 Å². The van der Waals surface area contributed by atoms with Gasteiger partial charge >= 0.3 is 0 Å². The van der Waals surface area contributed by atoms with Crippen LogP contribution in [-0.2, 0) is 4.84 Å². The highest BCUT2D eigenvalue weighted by atomic mass is 32.2. The molecule has 0 saturated carbocycles. The summed E-state index contributed by atoms with van der Waals surface area (Å²) in [6, 6.07) is 0. The minimum atomic E-state index is 0.223. The molecule has 1 unspecified atom stereocenters. The molecule has 0 rings (SSSR count). The lowest BCUT2D eigenvalue weighted by Crippen LogP contribution is -2.42. The first-order valence-corrected chi connectivity index (χ1v) is 4.99. The zero-order chi connectivity index (χ0) is 8.53. The van der Waals surface area contributed by atoms with Gasteiger partial charge < -0.3 is 0 Å². The molecule has 1 atom stereocenters. The van der Waals surface area contributed by atoms with E-state index < -0.39 is 0 Å². The first-order valence-electron chi connectivity index (χ1n) is 3.70. The van der Waals surface area contributed by atoms with E-state index in [1.165, 1.54) is 0 Å². The first kappa shape index (κ1) is 11.2. The van der Waals surface area contributed by atoms with Gasteiger partial charge in [-0.15, -0.1) is 17.4 Å². The van der Waals surface area contributed by atoms with Crippen LogP contribution in [0.25, 0.3) is 0 Å². The largest absolute Gasteiger partial charge is 0.272 e. The Hall–Kier alpha value is 0.190. The quantitative estimate of drug-likeness (QED) is 0.304. The Balaban J connectivity index is 3.20. The lowest BCUT2D eigenvalue weighted by molar-refractivity contribution is -0.0171. The van der Waals surface area contributed by atoms with Crippen LogP contribution in [0.1, 0.15) is 19.8 Å². The van der Waals surface area contributed by atoms with Gasteiger partial charge in [-0.1, -0.05) is 13.3 Å². The fourth-order valence-corrected chi connectivity index (χ4v) is 1.22. The summed E-state index contributed by atoms with van der Waals surface area (Å²) in [5.74, 6) is 0. The summed E-state index contributed by atoms with van der Waals surface area (Å²) in [6.45, 7) is 2.14. The van der Waals surface area contributed by atoms with Crippen LogP contribution in [0.2, 0.25) is 0 Å². The molecule has 11 heavy (non-hydrogen) atoms. The average molecular weight is 179 g/mol. The third kappa shape index (κ3) is 6.58. The fourth-order valence-electron chi connectivity index (χ4n) is 0.607. The van der Waals surface area contributed by atoms with Gasteiger partial charge in [-0.05, 0) is 19.7 Å². The molecule has 5 heteroatoms. The summed E-state index contributed by atoms with van der Waals surface area (Å²) in [5.41, 5.74) is 8.14. The number of thioether (sulfide) groups is 1. The molecule has 0 aromatic heterocycles. The fraction of sp³-hybridized carbons (Fsp3) is 1.00. The van der Waals surface area contributed by atoms with Crippen molar-refractivity contribution in [3.63, 3.8) is 0 Å². The summed E-state index contributed by atoms with van der Waals surface area (Å²) in [4.78, 5) is 5.21. The van der Waals surface area contributed by atoms with E-state index >= 15 is 0 Å². The van der Waals surface area contributed by atoms with Crippen LogP contribution in [0.4, 0.5) is 0 Å². The molecule has 3 N–H and O–H groups in total. The van der Waals surface area contributed by atoms with Gasteiger partial charge in [0.1, 0.15) is 5.44 Å². The van der Waals surface area contributed by atoms with Gasteiger partial charge in [0.2, 0.25) is 0 Å². The van der Waals surface area contributed by atoms with E-state index in [-0.39, 0.29) is 5.44 Å². The lowest BCUT2D eigenvalue weighted by Gasteiger charge is -2.14.